The van der Waals surface area contributed by atoms with Gasteiger partial charge in [-0.15, -0.1) is 11.3 Å². The van der Waals surface area contributed by atoms with E-state index in [2.05, 4.69) is 35.3 Å². The molecule has 3 aromatic rings. The summed E-state index contributed by atoms with van der Waals surface area (Å²) < 4.78 is 5.81. The zero-order valence-electron chi connectivity index (χ0n) is 15.6. The van der Waals surface area contributed by atoms with Gasteiger partial charge in [-0.1, -0.05) is 24.3 Å². The van der Waals surface area contributed by atoms with Gasteiger partial charge in [-0.05, 0) is 60.6 Å². The highest BCUT2D eigenvalue weighted by molar-refractivity contribution is 7.17. The number of hydrogen-bond acceptors (Lipinski definition) is 4. The Bertz CT molecular complexity index is 993. The summed E-state index contributed by atoms with van der Waals surface area (Å²) in [6, 6.07) is 14.4. The van der Waals surface area contributed by atoms with Crippen LogP contribution < -0.4 is 4.90 Å². The fraction of sp³-hybridized carbons (Fsp3) is 0.304. The van der Waals surface area contributed by atoms with E-state index in [1.807, 2.05) is 17.0 Å². The van der Waals surface area contributed by atoms with Crippen LogP contribution in [-0.4, -0.2) is 30.1 Å². The van der Waals surface area contributed by atoms with Gasteiger partial charge in [0, 0.05) is 29.6 Å². The molecule has 5 rings (SSSR count). The van der Waals surface area contributed by atoms with E-state index in [0.717, 1.165) is 42.9 Å². The number of thiophene rings is 1. The molecule has 5 heteroatoms. The van der Waals surface area contributed by atoms with E-state index in [-0.39, 0.29) is 12.0 Å². The minimum atomic E-state index is 0.0542. The summed E-state index contributed by atoms with van der Waals surface area (Å²) in [6.45, 7) is 1.37. The van der Waals surface area contributed by atoms with Gasteiger partial charge >= 0.3 is 0 Å². The van der Waals surface area contributed by atoms with Crippen LogP contribution >= 0.6 is 11.3 Å². The van der Waals surface area contributed by atoms with Gasteiger partial charge in [0.2, 0.25) is 0 Å². The molecule has 0 bridgehead atoms. The normalized spacial score (nSPS) is 17.8. The molecule has 2 aromatic heterocycles. The number of fused-ring (bicyclic) bond motifs is 3. The van der Waals surface area contributed by atoms with Gasteiger partial charge in [-0.25, -0.2) is 0 Å². The summed E-state index contributed by atoms with van der Waals surface area (Å²) in [7, 11) is 0. The van der Waals surface area contributed by atoms with Crippen LogP contribution in [0.1, 0.15) is 33.6 Å². The Labute approximate surface area is 168 Å². The molecule has 28 heavy (non-hydrogen) atoms. The van der Waals surface area contributed by atoms with Crippen molar-refractivity contribution in [2.45, 2.75) is 31.8 Å². The van der Waals surface area contributed by atoms with Crippen molar-refractivity contribution in [2.75, 3.05) is 18.1 Å². The van der Waals surface area contributed by atoms with Crippen molar-refractivity contribution in [3.8, 4) is 10.4 Å². The topological polar surface area (TPSA) is 42.4 Å². The summed E-state index contributed by atoms with van der Waals surface area (Å²) in [5, 5.41) is 0. The Morgan fingerprint density at radius 1 is 1.14 bits per heavy atom. The van der Waals surface area contributed by atoms with Crippen molar-refractivity contribution >= 4 is 22.9 Å². The van der Waals surface area contributed by atoms with Crippen molar-refractivity contribution in [1.29, 1.82) is 0 Å². The van der Waals surface area contributed by atoms with E-state index in [4.69, 9.17) is 4.74 Å². The Kier molecular flexibility index (Phi) is 4.71. The van der Waals surface area contributed by atoms with Crippen LogP contribution in [0.15, 0.2) is 54.9 Å². The fourth-order valence-electron chi connectivity index (χ4n) is 4.13. The van der Waals surface area contributed by atoms with Gasteiger partial charge < -0.3 is 9.64 Å². The number of nitrogens with zero attached hydrogens (tertiary/aromatic N) is 2. The minimum Gasteiger partial charge on any atom is -0.376 e. The number of amides is 1. The number of hydrogen-bond donors (Lipinski definition) is 0. The molecule has 1 aromatic carbocycles. The SMILES string of the molecule is O=C(c1cc2c(s1)-c1ccccc1CC2)N(C[C@H]1CCCO1)c1ccncc1. The number of carbonyl (C=O) groups is 1. The Morgan fingerprint density at radius 2 is 1.96 bits per heavy atom. The number of benzene rings is 1. The predicted octanol–water partition coefficient (Wildman–Crippen LogP) is 4.73. The molecule has 1 fully saturated rings. The molecule has 3 heterocycles. The van der Waals surface area contributed by atoms with Crippen molar-refractivity contribution in [3.05, 3.63) is 70.9 Å². The lowest BCUT2D eigenvalue weighted by molar-refractivity contribution is 0.0920. The largest absolute Gasteiger partial charge is 0.376 e. The second kappa shape index (κ2) is 7.49. The molecular weight excluding hydrogens is 368 g/mol. The van der Waals surface area contributed by atoms with E-state index in [1.54, 1.807) is 23.7 Å². The quantitative estimate of drug-likeness (QED) is 0.646. The molecular formula is C23H22N2O2S. The highest BCUT2D eigenvalue weighted by atomic mass is 32.1. The third-order valence-corrected chi connectivity index (χ3v) is 6.77. The summed E-state index contributed by atoms with van der Waals surface area (Å²) in [5.74, 6) is 0.0542. The lowest BCUT2D eigenvalue weighted by Gasteiger charge is -2.25. The molecule has 1 aliphatic carbocycles. The second-order valence-corrected chi connectivity index (χ2v) is 8.43. The zero-order valence-corrected chi connectivity index (χ0v) is 16.5. The minimum absolute atomic E-state index is 0.0542. The van der Waals surface area contributed by atoms with Crippen molar-refractivity contribution in [1.82, 2.24) is 4.98 Å². The fourth-order valence-corrected chi connectivity index (χ4v) is 5.35. The average molecular weight is 391 g/mol. The van der Waals surface area contributed by atoms with Gasteiger partial charge in [0.1, 0.15) is 0 Å². The van der Waals surface area contributed by atoms with E-state index >= 15 is 0 Å². The maximum atomic E-state index is 13.5. The maximum Gasteiger partial charge on any atom is 0.268 e. The highest BCUT2D eigenvalue weighted by Crippen LogP contribution is 2.40. The number of aryl methyl sites for hydroxylation is 2. The van der Waals surface area contributed by atoms with E-state index in [0.29, 0.717) is 6.54 Å². The first kappa shape index (κ1) is 17.6. The van der Waals surface area contributed by atoms with Crippen LogP contribution in [-0.2, 0) is 17.6 Å². The van der Waals surface area contributed by atoms with E-state index in [1.165, 1.54) is 21.6 Å². The summed E-state index contributed by atoms with van der Waals surface area (Å²) in [6.07, 6.45) is 7.68. The number of anilines is 1. The van der Waals surface area contributed by atoms with Crippen LogP contribution in [0.5, 0.6) is 0 Å². The zero-order chi connectivity index (χ0) is 18.9. The van der Waals surface area contributed by atoms with Crippen LogP contribution in [0, 0.1) is 0 Å². The highest BCUT2D eigenvalue weighted by Gasteiger charge is 2.28. The molecule has 0 N–H and O–H groups in total. The number of ether oxygens (including phenoxy) is 1. The molecule has 1 amide bonds. The standard InChI is InChI=1S/C23H22N2O2S/c26-23(25(15-19-5-3-13-27-19)18-9-11-24-12-10-18)21-14-17-8-7-16-4-1-2-6-20(16)22(17)28-21/h1-2,4,6,9-12,14,19H,3,5,7-8,13,15H2/t19-/m1/s1. The molecule has 1 atom stereocenters. The first-order chi connectivity index (χ1) is 13.8. The molecule has 0 saturated carbocycles. The summed E-state index contributed by atoms with van der Waals surface area (Å²) in [4.78, 5) is 21.5. The first-order valence-electron chi connectivity index (χ1n) is 9.84. The monoisotopic (exact) mass is 390 g/mol. The third kappa shape index (κ3) is 3.25. The van der Waals surface area contributed by atoms with Gasteiger partial charge in [0.05, 0.1) is 17.5 Å². The average Bonchev–Trinajstić information content (AvgIpc) is 3.42. The second-order valence-electron chi connectivity index (χ2n) is 7.38. The molecule has 0 unspecified atom stereocenters. The molecule has 1 saturated heterocycles. The summed E-state index contributed by atoms with van der Waals surface area (Å²) >= 11 is 1.62. The van der Waals surface area contributed by atoms with Crippen LogP contribution in [0.2, 0.25) is 0 Å². The van der Waals surface area contributed by atoms with Gasteiger partial charge in [0.25, 0.3) is 5.91 Å². The number of rotatable bonds is 4. The Morgan fingerprint density at radius 3 is 2.79 bits per heavy atom. The predicted molar refractivity (Wildman–Crippen MR) is 112 cm³/mol. The maximum absolute atomic E-state index is 13.5. The smallest absolute Gasteiger partial charge is 0.268 e. The summed E-state index contributed by atoms with van der Waals surface area (Å²) in [5.41, 5.74) is 4.82. The van der Waals surface area contributed by atoms with Gasteiger partial charge in [-0.3, -0.25) is 9.78 Å². The molecule has 1 aliphatic heterocycles. The lowest BCUT2D eigenvalue weighted by atomic mass is 9.91. The van der Waals surface area contributed by atoms with E-state index in [9.17, 15) is 4.79 Å². The van der Waals surface area contributed by atoms with Gasteiger partial charge in [0.15, 0.2) is 0 Å². The van der Waals surface area contributed by atoms with Crippen molar-refractivity contribution in [3.63, 3.8) is 0 Å². The van der Waals surface area contributed by atoms with Crippen molar-refractivity contribution < 1.29 is 9.53 Å². The molecule has 0 radical (unpaired) electrons. The van der Waals surface area contributed by atoms with Crippen LogP contribution in [0.3, 0.4) is 0 Å². The molecule has 0 spiro atoms. The van der Waals surface area contributed by atoms with E-state index < -0.39 is 0 Å². The third-order valence-electron chi connectivity index (χ3n) is 5.58. The molecule has 142 valence electrons. The van der Waals surface area contributed by atoms with Crippen molar-refractivity contribution in [2.24, 2.45) is 0 Å². The Balaban J connectivity index is 1.49. The molecule has 4 nitrogen and oxygen atoms in total. The van der Waals surface area contributed by atoms with Gasteiger partial charge in [-0.2, -0.15) is 0 Å². The Hall–Kier alpha value is -2.50. The molecule has 2 aliphatic rings. The number of carbonyl (C=O) groups excluding carboxylic acids is 1. The van der Waals surface area contributed by atoms with Crippen LogP contribution in [0.25, 0.3) is 10.4 Å². The first-order valence-corrected chi connectivity index (χ1v) is 10.7. The van der Waals surface area contributed by atoms with Crippen LogP contribution in [0.4, 0.5) is 5.69 Å². The lowest BCUT2D eigenvalue weighted by Crippen LogP contribution is -2.37. The number of pyridine rings is 1. The number of aromatic nitrogens is 1.